The Kier molecular flexibility index (Phi) is 7.06. The molecule has 0 amide bonds. The van der Waals surface area contributed by atoms with Crippen molar-refractivity contribution >= 4 is 0 Å². The van der Waals surface area contributed by atoms with Crippen LogP contribution in [0, 0.1) is 0 Å². The number of nitrogens with one attached hydrogen (secondary N) is 1. The third-order valence-electron chi connectivity index (χ3n) is 3.09. The number of furan rings is 1. The fraction of sp³-hybridized carbons (Fsp3) is 0.733. The van der Waals surface area contributed by atoms with Crippen LogP contribution in [0.2, 0.25) is 0 Å². The van der Waals surface area contributed by atoms with Gasteiger partial charge in [-0.1, -0.05) is 33.6 Å². The summed E-state index contributed by atoms with van der Waals surface area (Å²) in [6, 6.07) is 2.58. The minimum atomic E-state index is 0.491. The normalized spacial score (nSPS) is 11.7. The Morgan fingerprint density at radius 2 is 2.11 bits per heavy atom. The molecule has 0 saturated carbocycles. The van der Waals surface area contributed by atoms with Gasteiger partial charge in [-0.3, -0.25) is 0 Å². The summed E-state index contributed by atoms with van der Waals surface area (Å²) in [5.74, 6) is 1.08. The third-order valence-corrected chi connectivity index (χ3v) is 3.09. The van der Waals surface area contributed by atoms with Crippen LogP contribution in [0.25, 0.3) is 0 Å². The van der Waals surface area contributed by atoms with Gasteiger partial charge in [-0.25, -0.2) is 0 Å². The molecule has 0 spiro atoms. The molecule has 0 aliphatic heterocycles. The summed E-state index contributed by atoms with van der Waals surface area (Å²) in [6.07, 6.45) is 5.68. The van der Waals surface area contributed by atoms with Gasteiger partial charge in [-0.05, 0) is 26.1 Å². The summed E-state index contributed by atoms with van der Waals surface area (Å²) in [4.78, 5) is 2.37. The maximum Gasteiger partial charge on any atom is 0.122 e. The van der Waals surface area contributed by atoms with Crippen LogP contribution in [-0.4, -0.2) is 24.5 Å². The highest BCUT2D eigenvalue weighted by molar-refractivity contribution is 5.16. The van der Waals surface area contributed by atoms with E-state index < -0.39 is 0 Å². The van der Waals surface area contributed by atoms with Crippen molar-refractivity contribution in [2.75, 3.05) is 13.6 Å². The van der Waals surface area contributed by atoms with E-state index >= 15 is 0 Å². The molecule has 1 aromatic heterocycles. The van der Waals surface area contributed by atoms with Gasteiger partial charge in [0.25, 0.3) is 0 Å². The molecule has 0 aliphatic carbocycles. The van der Waals surface area contributed by atoms with Gasteiger partial charge in [0.1, 0.15) is 5.76 Å². The molecule has 1 heterocycles. The maximum atomic E-state index is 5.55. The van der Waals surface area contributed by atoms with E-state index in [4.69, 9.17) is 4.42 Å². The lowest BCUT2D eigenvalue weighted by molar-refractivity contribution is 0.314. The fourth-order valence-electron chi connectivity index (χ4n) is 1.96. The van der Waals surface area contributed by atoms with Gasteiger partial charge in [0.15, 0.2) is 0 Å². The minimum Gasteiger partial charge on any atom is -0.468 e. The molecule has 1 N–H and O–H groups in total. The Labute approximate surface area is 112 Å². The molecule has 1 aromatic rings. The predicted molar refractivity (Wildman–Crippen MR) is 76.5 cm³/mol. The predicted octanol–water partition coefficient (Wildman–Crippen LogP) is 3.40. The number of nitrogens with zero attached hydrogens (tertiary/aromatic N) is 1. The summed E-state index contributed by atoms with van der Waals surface area (Å²) in [7, 11) is 2.18. The smallest absolute Gasteiger partial charge is 0.122 e. The number of rotatable bonds is 9. The highest BCUT2D eigenvalue weighted by atomic mass is 16.3. The zero-order valence-corrected chi connectivity index (χ0v) is 12.3. The van der Waals surface area contributed by atoms with Crippen molar-refractivity contribution in [1.82, 2.24) is 10.2 Å². The van der Waals surface area contributed by atoms with Gasteiger partial charge in [0, 0.05) is 18.2 Å². The molecule has 1 rings (SSSR count). The number of hydrogen-bond acceptors (Lipinski definition) is 3. The first-order valence-corrected chi connectivity index (χ1v) is 7.10. The van der Waals surface area contributed by atoms with E-state index in [1.54, 1.807) is 6.26 Å². The first kappa shape index (κ1) is 15.3. The molecule has 3 heteroatoms. The lowest BCUT2D eigenvalue weighted by atomic mass is 10.2. The van der Waals surface area contributed by atoms with Crippen LogP contribution in [0.4, 0.5) is 0 Å². The highest BCUT2D eigenvalue weighted by Crippen LogP contribution is 2.13. The van der Waals surface area contributed by atoms with Crippen LogP contribution in [0.5, 0.6) is 0 Å². The van der Waals surface area contributed by atoms with E-state index in [1.807, 2.05) is 0 Å². The average Bonchev–Trinajstić information content (AvgIpc) is 2.74. The van der Waals surface area contributed by atoms with Gasteiger partial charge < -0.3 is 14.6 Å². The summed E-state index contributed by atoms with van der Waals surface area (Å²) in [5, 5.41) is 3.40. The maximum absolute atomic E-state index is 5.55. The van der Waals surface area contributed by atoms with E-state index in [1.165, 1.54) is 24.8 Å². The van der Waals surface area contributed by atoms with Crippen molar-refractivity contribution in [1.29, 1.82) is 0 Å². The molecule has 0 bridgehead atoms. The molecule has 18 heavy (non-hydrogen) atoms. The highest BCUT2D eigenvalue weighted by Gasteiger charge is 2.09. The standard InChI is InChI=1S/C15H28N2O/c1-5-6-7-9-17(4)12-14-8-10-18-15(14)11-16-13(2)3/h8,10,13,16H,5-7,9,11-12H2,1-4H3. The van der Waals surface area contributed by atoms with Crippen molar-refractivity contribution in [3.8, 4) is 0 Å². The largest absolute Gasteiger partial charge is 0.468 e. The minimum absolute atomic E-state index is 0.491. The van der Waals surface area contributed by atoms with E-state index in [0.29, 0.717) is 6.04 Å². The molecule has 0 radical (unpaired) electrons. The van der Waals surface area contributed by atoms with E-state index in [9.17, 15) is 0 Å². The molecular weight excluding hydrogens is 224 g/mol. The Hall–Kier alpha value is -0.800. The van der Waals surface area contributed by atoms with Crippen LogP contribution < -0.4 is 5.32 Å². The summed E-state index contributed by atoms with van der Waals surface area (Å²) >= 11 is 0. The van der Waals surface area contributed by atoms with Gasteiger partial charge in [-0.2, -0.15) is 0 Å². The Bertz CT molecular complexity index is 320. The summed E-state index contributed by atoms with van der Waals surface area (Å²) < 4.78 is 5.55. The van der Waals surface area contributed by atoms with Gasteiger partial charge in [-0.15, -0.1) is 0 Å². The first-order chi connectivity index (χ1) is 8.63. The molecular formula is C15H28N2O. The molecule has 0 aromatic carbocycles. The topological polar surface area (TPSA) is 28.4 Å². The fourth-order valence-corrected chi connectivity index (χ4v) is 1.96. The Morgan fingerprint density at radius 3 is 2.78 bits per heavy atom. The molecule has 0 atom stereocenters. The van der Waals surface area contributed by atoms with Crippen molar-refractivity contribution in [2.45, 2.75) is 59.2 Å². The SMILES string of the molecule is CCCCCN(C)Cc1ccoc1CNC(C)C. The zero-order valence-electron chi connectivity index (χ0n) is 12.3. The van der Waals surface area contributed by atoms with Crippen LogP contribution in [0.15, 0.2) is 16.7 Å². The van der Waals surface area contributed by atoms with Crippen LogP contribution >= 0.6 is 0 Å². The van der Waals surface area contributed by atoms with Gasteiger partial charge in [0.05, 0.1) is 12.8 Å². The van der Waals surface area contributed by atoms with Gasteiger partial charge >= 0.3 is 0 Å². The second-order valence-electron chi connectivity index (χ2n) is 5.35. The lowest BCUT2D eigenvalue weighted by Gasteiger charge is -2.16. The Balaban J connectivity index is 2.38. The summed E-state index contributed by atoms with van der Waals surface area (Å²) in [5.41, 5.74) is 1.31. The second-order valence-corrected chi connectivity index (χ2v) is 5.35. The molecule has 104 valence electrons. The quantitative estimate of drug-likeness (QED) is 0.683. The second kappa shape index (κ2) is 8.33. The molecule has 3 nitrogen and oxygen atoms in total. The molecule has 0 saturated heterocycles. The van der Waals surface area contributed by atoms with Crippen molar-refractivity contribution < 1.29 is 4.42 Å². The van der Waals surface area contributed by atoms with E-state index in [-0.39, 0.29) is 0 Å². The van der Waals surface area contributed by atoms with Crippen LogP contribution in [-0.2, 0) is 13.1 Å². The van der Waals surface area contributed by atoms with Crippen LogP contribution in [0.3, 0.4) is 0 Å². The average molecular weight is 252 g/mol. The van der Waals surface area contributed by atoms with E-state index in [2.05, 4.69) is 44.1 Å². The molecule has 0 unspecified atom stereocenters. The van der Waals surface area contributed by atoms with E-state index in [0.717, 1.165) is 25.4 Å². The molecule has 0 fully saturated rings. The van der Waals surface area contributed by atoms with Crippen molar-refractivity contribution in [3.05, 3.63) is 23.7 Å². The lowest BCUT2D eigenvalue weighted by Crippen LogP contribution is -2.23. The zero-order chi connectivity index (χ0) is 13.4. The molecule has 0 aliphatic rings. The number of hydrogen-bond donors (Lipinski definition) is 1. The third kappa shape index (κ3) is 5.69. The van der Waals surface area contributed by atoms with Crippen molar-refractivity contribution in [3.63, 3.8) is 0 Å². The summed E-state index contributed by atoms with van der Waals surface area (Å²) in [6.45, 7) is 9.51. The van der Waals surface area contributed by atoms with Gasteiger partial charge in [0.2, 0.25) is 0 Å². The monoisotopic (exact) mass is 252 g/mol. The van der Waals surface area contributed by atoms with Crippen LogP contribution in [0.1, 0.15) is 51.4 Å². The first-order valence-electron chi connectivity index (χ1n) is 7.10. The van der Waals surface area contributed by atoms with Crippen molar-refractivity contribution in [2.24, 2.45) is 0 Å². The number of unbranched alkanes of at least 4 members (excludes halogenated alkanes) is 2. The Morgan fingerprint density at radius 1 is 1.33 bits per heavy atom.